The van der Waals surface area contributed by atoms with Crippen molar-refractivity contribution in [2.24, 2.45) is 0 Å². The van der Waals surface area contributed by atoms with Gasteiger partial charge in [-0.15, -0.1) is 0 Å². The summed E-state index contributed by atoms with van der Waals surface area (Å²) in [7, 11) is 0. The second-order valence-electron chi connectivity index (χ2n) is 3.28. The highest BCUT2D eigenvalue weighted by molar-refractivity contribution is 5.93. The lowest BCUT2D eigenvalue weighted by atomic mass is 10.1. The molecule has 1 aliphatic carbocycles. The number of hydrogen-bond acceptors (Lipinski definition) is 2. The van der Waals surface area contributed by atoms with Gasteiger partial charge in [-0.25, -0.2) is 0 Å². The van der Waals surface area contributed by atoms with Crippen LogP contribution in [-0.2, 0) is 4.79 Å². The van der Waals surface area contributed by atoms with E-state index in [9.17, 15) is 4.79 Å². The van der Waals surface area contributed by atoms with Gasteiger partial charge in [0.05, 0.1) is 6.07 Å². The fourth-order valence-corrected chi connectivity index (χ4v) is 1.59. The van der Waals surface area contributed by atoms with Crippen LogP contribution in [0, 0.1) is 11.3 Å². The van der Waals surface area contributed by atoms with Crippen LogP contribution in [0.5, 0.6) is 0 Å². The first kappa shape index (κ1) is 9.79. The predicted molar refractivity (Wildman–Crippen MR) is 49.8 cm³/mol. The number of nitriles is 1. The van der Waals surface area contributed by atoms with Crippen LogP contribution >= 0.6 is 0 Å². The molecule has 0 aromatic heterocycles. The Morgan fingerprint density at radius 3 is 2.69 bits per heavy atom. The fourth-order valence-electron chi connectivity index (χ4n) is 1.59. The molecule has 0 aromatic carbocycles. The summed E-state index contributed by atoms with van der Waals surface area (Å²) >= 11 is 0. The van der Waals surface area contributed by atoms with Crippen molar-refractivity contribution in [1.82, 2.24) is 5.32 Å². The standard InChI is InChI=1S/C10H14N2O/c1-8(9-4-2-3-5-9)10(13)12-7-6-11/h2-5,7H2,1H3,(H,12,13). The number of rotatable bonds is 2. The number of amides is 1. The Bertz CT molecular complexity index is 265. The van der Waals surface area contributed by atoms with E-state index < -0.39 is 0 Å². The van der Waals surface area contributed by atoms with Crippen molar-refractivity contribution < 1.29 is 4.79 Å². The molecular weight excluding hydrogens is 164 g/mol. The van der Waals surface area contributed by atoms with Gasteiger partial charge < -0.3 is 5.32 Å². The lowest BCUT2D eigenvalue weighted by Crippen LogP contribution is -2.24. The average molecular weight is 178 g/mol. The van der Waals surface area contributed by atoms with Crippen LogP contribution in [0.25, 0.3) is 0 Å². The molecule has 0 bridgehead atoms. The summed E-state index contributed by atoms with van der Waals surface area (Å²) in [6.45, 7) is 1.94. The summed E-state index contributed by atoms with van der Waals surface area (Å²) in [5.74, 6) is -0.0848. The summed E-state index contributed by atoms with van der Waals surface area (Å²) in [5, 5.41) is 10.8. The van der Waals surface area contributed by atoms with Crippen LogP contribution in [0.3, 0.4) is 0 Å². The topological polar surface area (TPSA) is 52.9 Å². The van der Waals surface area contributed by atoms with Crippen molar-refractivity contribution in [3.8, 4) is 6.07 Å². The molecular formula is C10H14N2O. The first-order valence-electron chi connectivity index (χ1n) is 4.59. The van der Waals surface area contributed by atoms with Gasteiger partial charge in [-0.05, 0) is 32.6 Å². The van der Waals surface area contributed by atoms with Gasteiger partial charge in [-0.2, -0.15) is 5.26 Å². The van der Waals surface area contributed by atoms with Crippen molar-refractivity contribution in [2.75, 3.05) is 6.54 Å². The van der Waals surface area contributed by atoms with Crippen LogP contribution in [0.4, 0.5) is 0 Å². The molecule has 0 heterocycles. The third-order valence-electron chi connectivity index (χ3n) is 2.41. The second-order valence-corrected chi connectivity index (χ2v) is 3.28. The molecule has 0 radical (unpaired) electrons. The molecule has 13 heavy (non-hydrogen) atoms. The SMILES string of the molecule is CC(C(=O)NCC#N)=C1CCCC1. The van der Waals surface area contributed by atoms with Crippen LogP contribution in [0.2, 0.25) is 0 Å². The number of allylic oxidation sites excluding steroid dienone is 1. The van der Waals surface area contributed by atoms with E-state index in [0.29, 0.717) is 0 Å². The Morgan fingerprint density at radius 2 is 2.15 bits per heavy atom. The maximum absolute atomic E-state index is 11.4. The zero-order valence-corrected chi connectivity index (χ0v) is 7.89. The zero-order valence-electron chi connectivity index (χ0n) is 7.89. The Labute approximate surface area is 78.4 Å². The minimum Gasteiger partial charge on any atom is -0.339 e. The van der Waals surface area contributed by atoms with E-state index in [0.717, 1.165) is 18.4 Å². The van der Waals surface area contributed by atoms with E-state index >= 15 is 0 Å². The quantitative estimate of drug-likeness (QED) is 0.515. The van der Waals surface area contributed by atoms with Gasteiger partial charge in [0.1, 0.15) is 6.54 Å². The third-order valence-corrected chi connectivity index (χ3v) is 2.41. The van der Waals surface area contributed by atoms with E-state index in [2.05, 4.69) is 5.32 Å². The molecule has 0 aromatic rings. The highest BCUT2D eigenvalue weighted by atomic mass is 16.1. The highest BCUT2D eigenvalue weighted by Crippen LogP contribution is 2.26. The number of hydrogen-bond donors (Lipinski definition) is 1. The molecule has 70 valence electrons. The Morgan fingerprint density at radius 1 is 1.54 bits per heavy atom. The van der Waals surface area contributed by atoms with Gasteiger partial charge in [0.15, 0.2) is 0 Å². The Balaban J connectivity index is 2.55. The van der Waals surface area contributed by atoms with Crippen molar-refractivity contribution in [3.63, 3.8) is 0 Å². The van der Waals surface area contributed by atoms with Gasteiger partial charge in [0.25, 0.3) is 0 Å². The molecule has 1 saturated carbocycles. The summed E-state index contributed by atoms with van der Waals surface area (Å²) in [4.78, 5) is 11.4. The molecule has 1 N–H and O–H groups in total. The normalized spacial score (nSPS) is 15.2. The number of carbonyl (C=O) groups is 1. The van der Waals surface area contributed by atoms with Crippen molar-refractivity contribution in [1.29, 1.82) is 5.26 Å². The third kappa shape index (κ3) is 2.59. The van der Waals surface area contributed by atoms with Crippen LogP contribution in [0.1, 0.15) is 32.6 Å². The highest BCUT2D eigenvalue weighted by Gasteiger charge is 2.13. The van der Waals surface area contributed by atoms with Gasteiger partial charge in [-0.1, -0.05) is 5.57 Å². The molecule has 1 rings (SSSR count). The second kappa shape index (κ2) is 4.66. The lowest BCUT2D eigenvalue weighted by Gasteiger charge is -2.04. The molecule has 3 nitrogen and oxygen atoms in total. The number of nitrogens with zero attached hydrogens (tertiary/aromatic N) is 1. The van der Waals surface area contributed by atoms with Crippen LogP contribution in [-0.4, -0.2) is 12.5 Å². The van der Waals surface area contributed by atoms with Gasteiger partial charge in [0.2, 0.25) is 5.91 Å². The predicted octanol–water partition coefficient (Wildman–Crippen LogP) is 1.52. The minimum atomic E-state index is -0.0848. The van der Waals surface area contributed by atoms with Gasteiger partial charge in [0, 0.05) is 5.57 Å². The Hall–Kier alpha value is -1.30. The van der Waals surface area contributed by atoms with Crippen LogP contribution < -0.4 is 5.32 Å². The minimum absolute atomic E-state index is 0.0848. The molecule has 0 saturated heterocycles. The van der Waals surface area contributed by atoms with E-state index in [4.69, 9.17) is 5.26 Å². The van der Waals surface area contributed by atoms with Crippen molar-refractivity contribution >= 4 is 5.91 Å². The molecule has 1 fully saturated rings. The van der Waals surface area contributed by atoms with Crippen molar-refractivity contribution in [3.05, 3.63) is 11.1 Å². The van der Waals surface area contributed by atoms with Crippen LogP contribution in [0.15, 0.2) is 11.1 Å². The summed E-state index contributed by atoms with van der Waals surface area (Å²) in [6.07, 6.45) is 4.48. The monoisotopic (exact) mass is 178 g/mol. The lowest BCUT2D eigenvalue weighted by molar-refractivity contribution is -0.117. The number of carbonyl (C=O) groups excluding carboxylic acids is 1. The van der Waals surface area contributed by atoms with E-state index in [1.165, 1.54) is 18.4 Å². The summed E-state index contributed by atoms with van der Waals surface area (Å²) < 4.78 is 0. The molecule has 0 atom stereocenters. The average Bonchev–Trinajstić information content (AvgIpc) is 2.65. The zero-order chi connectivity index (χ0) is 9.68. The fraction of sp³-hybridized carbons (Fsp3) is 0.600. The van der Waals surface area contributed by atoms with E-state index in [1.807, 2.05) is 13.0 Å². The molecule has 3 heteroatoms. The molecule has 1 amide bonds. The van der Waals surface area contributed by atoms with E-state index in [-0.39, 0.29) is 12.5 Å². The smallest absolute Gasteiger partial charge is 0.247 e. The number of nitrogens with one attached hydrogen (secondary N) is 1. The first-order chi connectivity index (χ1) is 6.25. The van der Waals surface area contributed by atoms with Gasteiger partial charge in [-0.3, -0.25) is 4.79 Å². The van der Waals surface area contributed by atoms with E-state index in [1.54, 1.807) is 0 Å². The molecule has 0 aliphatic heterocycles. The summed E-state index contributed by atoms with van der Waals surface area (Å²) in [6, 6.07) is 1.89. The maximum Gasteiger partial charge on any atom is 0.247 e. The first-order valence-corrected chi connectivity index (χ1v) is 4.59. The summed E-state index contributed by atoms with van der Waals surface area (Å²) in [5.41, 5.74) is 2.07. The molecule has 0 spiro atoms. The maximum atomic E-state index is 11.4. The van der Waals surface area contributed by atoms with Crippen molar-refractivity contribution in [2.45, 2.75) is 32.6 Å². The Kier molecular flexibility index (Phi) is 3.51. The molecule has 0 unspecified atom stereocenters. The molecule has 1 aliphatic rings. The van der Waals surface area contributed by atoms with Gasteiger partial charge >= 0.3 is 0 Å². The largest absolute Gasteiger partial charge is 0.339 e.